The van der Waals surface area contributed by atoms with Gasteiger partial charge >= 0.3 is 0 Å². The first kappa shape index (κ1) is 13.9. The molecule has 2 aromatic rings. The maximum Gasteiger partial charge on any atom is 0.226 e. The molecule has 0 bridgehead atoms. The van der Waals surface area contributed by atoms with Crippen LogP contribution in [-0.4, -0.2) is 5.91 Å². The third kappa shape index (κ3) is 3.75. The van der Waals surface area contributed by atoms with Crippen LogP contribution in [0.15, 0.2) is 64.8 Å². The molecule has 0 atom stereocenters. The van der Waals surface area contributed by atoms with Gasteiger partial charge in [0.15, 0.2) is 0 Å². The third-order valence-corrected chi connectivity index (χ3v) is 2.72. The van der Waals surface area contributed by atoms with E-state index >= 15 is 0 Å². The monoisotopic (exact) mass is 267 g/mol. The van der Waals surface area contributed by atoms with Crippen LogP contribution in [0.1, 0.15) is 13.8 Å². The zero-order chi connectivity index (χ0) is 14.4. The molecule has 0 aliphatic carbocycles. The van der Waals surface area contributed by atoms with E-state index in [1.54, 1.807) is 0 Å². The number of rotatable bonds is 4. The second kappa shape index (κ2) is 6.61. The van der Waals surface area contributed by atoms with Crippen molar-refractivity contribution in [2.24, 2.45) is 16.1 Å². The molecule has 0 fully saturated rings. The van der Waals surface area contributed by atoms with Gasteiger partial charge in [-0.1, -0.05) is 44.2 Å². The number of hydrogen-bond donors (Lipinski definition) is 1. The Bertz CT molecular complexity index is 606. The third-order valence-electron chi connectivity index (χ3n) is 2.72. The summed E-state index contributed by atoms with van der Waals surface area (Å²) in [5.74, 6) is -0.110. The van der Waals surface area contributed by atoms with E-state index in [2.05, 4.69) is 15.5 Å². The minimum Gasteiger partial charge on any atom is -0.324 e. The van der Waals surface area contributed by atoms with E-state index in [0.29, 0.717) is 11.4 Å². The van der Waals surface area contributed by atoms with Crippen LogP contribution in [0, 0.1) is 5.92 Å². The number of para-hydroxylation sites is 1. The molecular formula is C16H17N3O. The number of carbonyl (C=O) groups excluding carboxylic acids is 1. The van der Waals surface area contributed by atoms with E-state index < -0.39 is 0 Å². The standard InChI is InChI=1S/C16H17N3O/c1-12(2)16(20)17-14-10-6-7-11-15(14)19-18-13-8-4-3-5-9-13/h3-12H,1-2H3,(H,17,20). The number of nitrogens with zero attached hydrogens (tertiary/aromatic N) is 2. The molecule has 0 radical (unpaired) electrons. The van der Waals surface area contributed by atoms with Crippen molar-refractivity contribution in [2.75, 3.05) is 5.32 Å². The fourth-order valence-electron chi connectivity index (χ4n) is 1.55. The van der Waals surface area contributed by atoms with Gasteiger partial charge in [0.1, 0.15) is 5.69 Å². The van der Waals surface area contributed by atoms with Crippen LogP contribution < -0.4 is 5.32 Å². The van der Waals surface area contributed by atoms with Gasteiger partial charge in [0.2, 0.25) is 5.91 Å². The first-order valence-electron chi connectivity index (χ1n) is 6.53. The molecule has 4 nitrogen and oxygen atoms in total. The minimum atomic E-state index is -0.0749. The summed E-state index contributed by atoms with van der Waals surface area (Å²) in [6, 6.07) is 16.8. The summed E-state index contributed by atoms with van der Waals surface area (Å²) in [6.07, 6.45) is 0. The summed E-state index contributed by atoms with van der Waals surface area (Å²) in [5.41, 5.74) is 2.09. The van der Waals surface area contributed by atoms with Crippen LogP contribution in [0.5, 0.6) is 0 Å². The number of nitrogens with one attached hydrogen (secondary N) is 1. The molecule has 1 N–H and O–H groups in total. The first-order chi connectivity index (χ1) is 9.66. The van der Waals surface area contributed by atoms with Crippen molar-refractivity contribution >= 4 is 23.0 Å². The normalized spacial score (nSPS) is 10.9. The number of carbonyl (C=O) groups is 1. The van der Waals surface area contributed by atoms with E-state index in [1.807, 2.05) is 68.4 Å². The van der Waals surface area contributed by atoms with Gasteiger partial charge in [0.05, 0.1) is 11.4 Å². The van der Waals surface area contributed by atoms with Crippen molar-refractivity contribution in [1.82, 2.24) is 0 Å². The molecule has 2 rings (SSSR count). The Morgan fingerprint density at radius 1 is 0.950 bits per heavy atom. The Labute approximate surface area is 118 Å². The molecule has 0 aliphatic rings. The highest BCUT2D eigenvalue weighted by Gasteiger charge is 2.09. The molecule has 0 saturated carbocycles. The molecule has 4 heteroatoms. The summed E-state index contributed by atoms with van der Waals surface area (Å²) in [4.78, 5) is 11.8. The van der Waals surface area contributed by atoms with Gasteiger partial charge in [0.25, 0.3) is 0 Å². The van der Waals surface area contributed by atoms with E-state index in [4.69, 9.17) is 0 Å². The SMILES string of the molecule is CC(C)C(=O)Nc1ccccc1N=Nc1ccccc1. The highest BCUT2D eigenvalue weighted by atomic mass is 16.1. The van der Waals surface area contributed by atoms with E-state index in [-0.39, 0.29) is 11.8 Å². The zero-order valence-electron chi connectivity index (χ0n) is 11.6. The summed E-state index contributed by atoms with van der Waals surface area (Å²) in [5, 5.41) is 11.2. The number of amides is 1. The van der Waals surface area contributed by atoms with Gasteiger partial charge in [0, 0.05) is 5.92 Å². The second-order valence-electron chi connectivity index (χ2n) is 4.70. The fraction of sp³-hybridized carbons (Fsp3) is 0.188. The second-order valence-corrected chi connectivity index (χ2v) is 4.70. The van der Waals surface area contributed by atoms with Gasteiger partial charge in [-0.15, -0.1) is 5.11 Å². The van der Waals surface area contributed by atoms with Crippen molar-refractivity contribution in [2.45, 2.75) is 13.8 Å². The lowest BCUT2D eigenvalue weighted by Gasteiger charge is -2.09. The topological polar surface area (TPSA) is 53.8 Å². The van der Waals surface area contributed by atoms with Crippen LogP contribution in [0.4, 0.5) is 17.1 Å². The Kier molecular flexibility index (Phi) is 4.60. The number of azo groups is 1. The number of hydrogen-bond acceptors (Lipinski definition) is 3. The Morgan fingerprint density at radius 2 is 1.60 bits per heavy atom. The van der Waals surface area contributed by atoms with Crippen molar-refractivity contribution in [3.05, 3.63) is 54.6 Å². The number of anilines is 1. The predicted molar refractivity (Wildman–Crippen MR) is 80.5 cm³/mol. The molecule has 0 spiro atoms. The predicted octanol–water partition coefficient (Wildman–Crippen LogP) is 4.70. The van der Waals surface area contributed by atoms with Crippen molar-refractivity contribution in [1.29, 1.82) is 0 Å². The fourth-order valence-corrected chi connectivity index (χ4v) is 1.55. The number of benzene rings is 2. The van der Waals surface area contributed by atoms with Crippen molar-refractivity contribution in [3.63, 3.8) is 0 Å². The molecule has 0 aliphatic heterocycles. The van der Waals surface area contributed by atoms with Crippen LogP contribution in [0.2, 0.25) is 0 Å². The largest absolute Gasteiger partial charge is 0.324 e. The lowest BCUT2D eigenvalue weighted by atomic mass is 10.2. The molecule has 0 saturated heterocycles. The van der Waals surface area contributed by atoms with Crippen molar-refractivity contribution in [3.8, 4) is 0 Å². The summed E-state index contributed by atoms with van der Waals surface area (Å²) < 4.78 is 0. The maximum atomic E-state index is 11.8. The molecule has 20 heavy (non-hydrogen) atoms. The maximum absolute atomic E-state index is 11.8. The summed E-state index contributed by atoms with van der Waals surface area (Å²) in [7, 11) is 0. The van der Waals surface area contributed by atoms with Crippen LogP contribution >= 0.6 is 0 Å². The van der Waals surface area contributed by atoms with Crippen LogP contribution in [0.3, 0.4) is 0 Å². The van der Waals surface area contributed by atoms with Gasteiger partial charge in [-0.05, 0) is 24.3 Å². The van der Waals surface area contributed by atoms with E-state index in [9.17, 15) is 4.79 Å². The van der Waals surface area contributed by atoms with Gasteiger partial charge in [-0.3, -0.25) is 4.79 Å². The zero-order valence-corrected chi connectivity index (χ0v) is 11.6. The quantitative estimate of drug-likeness (QED) is 0.802. The molecule has 2 aromatic carbocycles. The van der Waals surface area contributed by atoms with E-state index in [0.717, 1.165) is 5.69 Å². The molecule has 0 unspecified atom stereocenters. The van der Waals surface area contributed by atoms with Crippen molar-refractivity contribution < 1.29 is 4.79 Å². The Morgan fingerprint density at radius 3 is 2.30 bits per heavy atom. The molecule has 0 aromatic heterocycles. The highest BCUT2D eigenvalue weighted by Crippen LogP contribution is 2.26. The summed E-state index contributed by atoms with van der Waals surface area (Å²) in [6.45, 7) is 3.70. The van der Waals surface area contributed by atoms with Gasteiger partial charge in [-0.25, -0.2) is 0 Å². The first-order valence-corrected chi connectivity index (χ1v) is 6.53. The highest BCUT2D eigenvalue weighted by molar-refractivity contribution is 5.94. The Balaban J connectivity index is 2.20. The molecule has 0 heterocycles. The molecule has 102 valence electrons. The van der Waals surface area contributed by atoms with Crippen LogP contribution in [0.25, 0.3) is 0 Å². The van der Waals surface area contributed by atoms with Crippen LogP contribution in [-0.2, 0) is 4.79 Å². The van der Waals surface area contributed by atoms with Gasteiger partial charge in [-0.2, -0.15) is 5.11 Å². The average Bonchev–Trinajstić information content (AvgIpc) is 2.47. The lowest BCUT2D eigenvalue weighted by Crippen LogP contribution is -2.17. The van der Waals surface area contributed by atoms with Gasteiger partial charge < -0.3 is 5.32 Å². The molecular weight excluding hydrogens is 250 g/mol. The Hall–Kier alpha value is -2.49. The summed E-state index contributed by atoms with van der Waals surface area (Å²) >= 11 is 0. The molecule has 1 amide bonds. The van der Waals surface area contributed by atoms with E-state index in [1.165, 1.54) is 0 Å². The average molecular weight is 267 g/mol. The minimum absolute atomic E-state index is 0.0349. The smallest absolute Gasteiger partial charge is 0.226 e. The lowest BCUT2D eigenvalue weighted by molar-refractivity contribution is -0.118.